The summed E-state index contributed by atoms with van der Waals surface area (Å²) < 4.78 is 27.4. The average molecular weight is 439 g/mol. The van der Waals surface area contributed by atoms with Crippen LogP contribution in [0.1, 0.15) is 25.5 Å². The predicted molar refractivity (Wildman–Crippen MR) is 111 cm³/mol. The van der Waals surface area contributed by atoms with Gasteiger partial charge in [-0.25, -0.2) is 0 Å². The van der Waals surface area contributed by atoms with Crippen LogP contribution in [0.5, 0.6) is 17.2 Å². The van der Waals surface area contributed by atoms with Crippen LogP contribution in [-0.4, -0.2) is 61.9 Å². The minimum absolute atomic E-state index is 0.0193. The Morgan fingerprint density at radius 2 is 1.93 bits per heavy atom. The van der Waals surface area contributed by atoms with Gasteiger partial charge in [-0.3, -0.25) is 4.79 Å². The number of aromatic nitrogens is 1. The fourth-order valence-electron chi connectivity index (χ4n) is 3.46. The van der Waals surface area contributed by atoms with Gasteiger partial charge >= 0.3 is 0 Å². The Morgan fingerprint density at radius 3 is 2.47 bits per heavy atom. The lowest BCUT2D eigenvalue weighted by Gasteiger charge is -2.25. The number of hydrogen-bond acceptors (Lipinski definition) is 7. The van der Waals surface area contributed by atoms with E-state index in [1.165, 1.54) is 0 Å². The molecule has 2 atom stereocenters. The van der Waals surface area contributed by atoms with Gasteiger partial charge in [-0.15, -0.1) is 11.6 Å². The number of methoxy groups -OCH3 is 3. The topological polar surface area (TPSA) is 83.3 Å². The van der Waals surface area contributed by atoms with Crippen LogP contribution in [0.15, 0.2) is 22.7 Å². The van der Waals surface area contributed by atoms with Crippen LogP contribution >= 0.6 is 11.6 Å². The average Bonchev–Trinajstić information content (AvgIpc) is 3.43. The van der Waals surface area contributed by atoms with Crippen molar-refractivity contribution in [2.45, 2.75) is 37.8 Å². The molecule has 1 aliphatic heterocycles. The molecule has 1 aromatic carbocycles. The van der Waals surface area contributed by atoms with E-state index in [1.807, 2.05) is 0 Å². The summed E-state index contributed by atoms with van der Waals surface area (Å²) in [6.07, 6.45) is 1.94. The lowest BCUT2D eigenvalue weighted by atomic mass is 10.1. The maximum atomic E-state index is 12.6. The van der Waals surface area contributed by atoms with Crippen LogP contribution < -0.4 is 14.2 Å². The summed E-state index contributed by atoms with van der Waals surface area (Å²) in [7, 11) is 4.65. The van der Waals surface area contributed by atoms with Crippen molar-refractivity contribution in [3.05, 3.63) is 23.9 Å². The lowest BCUT2D eigenvalue weighted by Crippen LogP contribution is -2.40. The SMILES string of the molecule is COc1cc(-c2cc(CN(CC3CCCO3)C(=O)C(C)Cl)no2)cc(OC)c1OC. The van der Waals surface area contributed by atoms with Crippen molar-refractivity contribution >= 4 is 17.5 Å². The maximum absolute atomic E-state index is 12.6. The molecule has 2 aromatic rings. The Bertz CT molecular complexity index is 838. The summed E-state index contributed by atoms with van der Waals surface area (Å²) in [5, 5.41) is 3.50. The second-order valence-electron chi connectivity index (χ2n) is 7.07. The van der Waals surface area contributed by atoms with Crippen LogP contribution in [0.4, 0.5) is 0 Å². The largest absolute Gasteiger partial charge is 0.493 e. The van der Waals surface area contributed by atoms with Gasteiger partial charge in [-0.2, -0.15) is 0 Å². The molecular formula is C21H27ClN2O6. The summed E-state index contributed by atoms with van der Waals surface area (Å²) >= 11 is 6.06. The zero-order valence-electron chi connectivity index (χ0n) is 17.6. The first-order valence-corrected chi connectivity index (χ1v) is 10.2. The van der Waals surface area contributed by atoms with Crippen molar-refractivity contribution in [2.24, 2.45) is 0 Å². The van der Waals surface area contributed by atoms with Gasteiger partial charge in [0.1, 0.15) is 11.1 Å². The first-order valence-electron chi connectivity index (χ1n) is 9.77. The number of rotatable bonds is 9. The second kappa shape index (κ2) is 10.0. The molecule has 3 rings (SSSR count). The zero-order valence-corrected chi connectivity index (χ0v) is 18.4. The van der Waals surface area contributed by atoms with Crippen LogP contribution in [0.2, 0.25) is 0 Å². The highest BCUT2D eigenvalue weighted by molar-refractivity contribution is 6.30. The quantitative estimate of drug-likeness (QED) is 0.554. The number of hydrogen-bond donors (Lipinski definition) is 0. The summed E-state index contributed by atoms with van der Waals surface area (Å²) in [6.45, 7) is 3.14. The first kappa shape index (κ1) is 22.2. The molecule has 1 amide bonds. The third-order valence-corrected chi connectivity index (χ3v) is 5.15. The third kappa shape index (κ3) is 4.99. The van der Waals surface area contributed by atoms with Crippen molar-refractivity contribution in [1.82, 2.24) is 10.1 Å². The van der Waals surface area contributed by atoms with E-state index < -0.39 is 5.38 Å². The number of nitrogens with zero attached hydrogens (tertiary/aromatic N) is 2. The van der Waals surface area contributed by atoms with Crippen molar-refractivity contribution in [2.75, 3.05) is 34.5 Å². The van der Waals surface area contributed by atoms with Crippen molar-refractivity contribution in [3.8, 4) is 28.6 Å². The van der Waals surface area contributed by atoms with Crippen LogP contribution in [0.3, 0.4) is 0 Å². The van der Waals surface area contributed by atoms with Crippen molar-refractivity contribution in [3.63, 3.8) is 0 Å². The molecule has 30 heavy (non-hydrogen) atoms. The van der Waals surface area contributed by atoms with E-state index in [4.69, 9.17) is 35.1 Å². The summed E-state index contributed by atoms with van der Waals surface area (Å²) in [5.74, 6) is 1.87. The molecule has 2 unspecified atom stereocenters. The molecular weight excluding hydrogens is 412 g/mol. The first-order chi connectivity index (χ1) is 14.5. The highest BCUT2D eigenvalue weighted by Crippen LogP contribution is 2.41. The molecule has 9 heteroatoms. The Balaban J connectivity index is 1.82. The molecule has 0 radical (unpaired) electrons. The van der Waals surface area contributed by atoms with Gasteiger partial charge in [-0.1, -0.05) is 5.16 Å². The fraction of sp³-hybridized carbons (Fsp3) is 0.524. The van der Waals surface area contributed by atoms with Crippen molar-refractivity contribution < 1.29 is 28.3 Å². The van der Waals surface area contributed by atoms with Gasteiger partial charge in [0.05, 0.1) is 34.0 Å². The van der Waals surface area contributed by atoms with E-state index in [2.05, 4.69) is 5.16 Å². The molecule has 1 fully saturated rings. The van der Waals surface area contributed by atoms with E-state index in [1.54, 1.807) is 51.4 Å². The molecule has 0 saturated carbocycles. The van der Waals surface area contributed by atoms with E-state index in [-0.39, 0.29) is 18.6 Å². The number of carbonyl (C=O) groups excluding carboxylic acids is 1. The third-order valence-electron chi connectivity index (χ3n) is 4.96. The Kier molecular flexibility index (Phi) is 7.44. The Labute approximate surface area is 181 Å². The number of benzene rings is 1. The number of ether oxygens (including phenoxy) is 4. The van der Waals surface area contributed by atoms with Crippen LogP contribution in [-0.2, 0) is 16.1 Å². The summed E-state index contributed by atoms with van der Waals surface area (Å²) in [6, 6.07) is 5.35. The van der Waals surface area contributed by atoms with Crippen LogP contribution in [0.25, 0.3) is 11.3 Å². The van der Waals surface area contributed by atoms with Gasteiger partial charge < -0.3 is 28.4 Å². The van der Waals surface area contributed by atoms with Gasteiger partial charge in [0.15, 0.2) is 17.3 Å². The fourth-order valence-corrected chi connectivity index (χ4v) is 3.60. The Morgan fingerprint density at radius 1 is 1.23 bits per heavy atom. The Hall–Kier alpha value is -2.45. The highest BCUT2D eigenvalue weighted by atomic mass is 35.5. The molecule has 1 aromatic heterocycles. The standard InChI is InChI=1S/C21H27ClN2O6/c1-13(22)21(25)24(12-16-6-5-7-29-16)11-15-10-17(30-23-15)14-8-18(26-2)20(28-4)19(9-14)27-3/h8-10,13,16H,5-7,11-12H2,1-4H3. The minimum atomic E-state index is -0.632. The monoisotopic (exact) mass is 438 g/mol. The molecule has 1 aliphatic rings. The summed E-state index contributed by atoms with van der Waals surface area (Å²) in [4.78, 5) is 14.3. The summed E-state index contributed by atoms with van der Waals surface area (Å²) in [5.41, 5.74) is 1.33. The molecule has 0 bridgehead atoms. The highest BCUT2D eigenvalue weighted by Gasteiger charge is 2.26. The molecule has 8 nitrogen and oxygen atoms in total. The molecule has 0 N–H and O–H groups in total. The lowest BCUT2D eigenvalue weighted by molar-refractivity contribution is -0.132. The number of carbonyl (C=O) groups is 1. The second-order valence-corrected chi connectivity index (χ2v) is 7.72. The molecule has 0 aliphatic carbocycles. The van der Waals surface area contributed by atoms with Gasteiger partial charge in [-0.05, 0) is 31.9 Å². The van der Waals surface area contributed by atoms with Gasteiger partial charge in [0.2, 0.25) is 11.7 Å². The molecule has 0 spiro atoms. The number of amides is 1. The normalized spacial score (nSPS) is 16.9. The van der Waals surface area contributed by atoms with Crippen molar-refractivity contribution in [1.29, 1.82) is 0 Å². The van der Waals surface area contributed by atoms with E-state index in [0.29, 0.717) is 40.8 Å². The maximum Gasteiger partial charge on any atom is 0.240 e. The molecule has 2 heterocycles. The predicted octanol–water partition coefficient (Wildman–Crippen LogP) is 3.50. The minimum Gasteiger partial charge on any atom is -0.493 e. The molecule has 1 saturated heterocycles. The van der Waals surface area contributed by atoms with Gasteiger partial charge in [0, 0.05) is 24.8 Å². The molecule has 164 valence electrons. The van der Waals surface area contributed by atoms with E-state index in [9.17, 15) is 4.79 Å². The van der Waals surface area contributed by atoms with E-state index in [0.717, 1.165) is 19.4 Å². The van der Waals surface area contributed by atoms with Gasteiger partial charge in [0.25, 0.3) is 0 Å². The number of halogens is 1. The smallest absolute Gasteiger partial charge is 0.240 e. The van der Waals surface area contributed by atoms with Crippen LogP contribution in [0, 0.1) is 0 Å². The van der Waals surface area contributed by atoms with E-state index >= 15 is 0 Å². The zero-order chi connectivity index (χ0) is 21.7. The number of alkyl halides is 1.